The molecule has 2 rings (SSSR count). The quantitative estimate of drug-likeness (QED) is 0.599. The van der Waals surface area contributed by atoms with Gasteiger partial charge in [-0.05, 0) is 23.0 Å². The van der Waals surface area contributed by atoms with E-state index in [-0.39, 0.29) is 30.8 Å². The van der Waals surface area contributed by atoms with Gasteiger partial charge in [0.25, 0.3) is 0 Å². The molecule has 1 aromatic carbocycles. The SMILES string of the molecule is CC(C)c1cccc(C(C)C)c1OC(=O)COC(=O)C1COCCN1.Cl. The Morgan fingerprint density at radius 2 is 1.81 bits per heavy atom. The standard InChI is InChI=1S/C19H27NO5.ClH/c1-12(2)14-6-5-7-15(13(3)4)18(14)25-17(21)11-24-19(22)16-10-23-9-8-20-16;/h5-7,12-13,16,20H,8-11H2,1-4H3;1H. The lowest BCUT2D eigenvalue weighted by Gasteiger charge is -2.22. The van der Waals surface area contributed by atoms with Crippen LogP contribution in [0.5, 0.6) is 5.75 Å². The van der Waals surface area contributed by atoms with E-state index in [2.05, 4.69) is 5.32 Å². The van der Waals surface area contributed by atoms with Crippen molar-refractivity contribution >= 4 is 24.3 Å². The van der Waals surface area contributed by atoms with Crippen LogP contribution < -0.4 is 10.1 Å². The summed E-state index contributed by atoms with van der Waals surface area (Å²) in [5.74, 6) is -0.0779. The minimum Gasteiger partial charge on any atom is -0.452 e. The van der Waals surface area contributed by atoms with Gasteiger partial charge in [0, 0.05) is 6.54 Å². The number of rotatable bonds is 6. The molecular weight excluding hydrogens is 358 g/mol. The Labute approximate surface area is 161 Å². The third kappa shape index (κ3) is 5.97. The molecule has 0 bridgehead atoms. The molecular formula is C19H28ClNO5. The van der Waals surface area contributed by atoms with Crippen molar-refractivity contribution in [3.05, 3.63) is 29.3 Å². The van der Waals surface area contributed by atoms with E-state index in [1.54, 1.807) is 0 Å². The number of halogens is 1. The van der Waals surface area contributed by atoms with Crippen molar-refractivity contribution in [1.29, 1.82) is 0 Å². The lowest BCUT2D eigenvalue weighted by Crippen LogP contribution is -2.47. The number of benzene rings is 1. The summed E-state index contributed by atoms with van der Waals surface area (Å²) < 4.78 is 15.8. The molecule has 1 aliphatic heterocycles. The molecule has 1 heterocycles. The van der Waals surface area contributed by atoms with Crippen molar-refractivity contribution in [3.63, 3.8) is 0 Å². The van der Waals surface area contributed by atoms with Crippen LogP contribution in [0, 0.1) is 0 Å². The molecule has 0 saturated carbocycles. The summed E-state index contributed by atoms with van der Waals surface area (Å²) in [5.41, 5.74) is 1.93. The summed E-state index contributed by atoms with van der Waals surface area (Å²) in [6.07, 6.45) is 0. The highest BCUT2D eigenvalue weighted by Crippen LogP contribution is 2.34. The summed E-state index contributed by atoms with van der Waals surface area (Å²) in [4.78, 5) is 24.1. The first-order valence-corrected chi connectivity index (χ1v) is 8.71. The number of esters is 2. The van der Waals surface area contributed by atoms with Gasteiger partial charge >= 0.3 is 11.9 Å². The monoisotopic (exact) mass is 385 g/mol. The predicted octanol–water partition coefficient (Wildman–Crippen LogP) is 2.79. The summed E-state index contributed by atoms with van der Waals surface area (Å²) in [7, 11) is 0. The first kappa shape index (κ1) is 22.4. The van der Waals surface area contributed by atoms with E-state index in [1.165, 1.54) is 0 Å². The van der Waals surface area contributed by atoms with Crippen LogP contribution in [0.4, 0.5) is 0 Å². The number of ether oxygens (including phenoxy) is 3. The largest absolute Gasteiger partial charge is 0.452 e. The van der Waals surface area contributed by atoms with Crippen molar-refractivity contribution in [3.8, 4) is 5.75 Å². The molecule has 7 heteroatoms. The lowest BCUT2D eigenvalue weighted by molar-refractivity contribution is -0.157. The predicted molar refractivity (Wildman–Crippen MR) is 101 cm³/mol. The van der Waals surface area contributed by atoms with E-state index in [1.807, 2.05) is 45.9 Å². The van der Waals surface area contributed by atoms with Gasteiger partial charge in [0.1, 0.15) is 11.8 Å². The van der Waals surface area contributed by atoms with Gasteiger partial charge in [0.05, 0.1) is 13.2 Å². The molecule has 1 atom stereocenters. The van der Waals surface area contributed by atoms with Crippen LogP contribution >= 0.6 is 12.4 Å². The summed E-state index contributed by atoms with van der Waals surface area (Å²) in [6.45, 7) is 9.18. The van der Waals surface area contributed by atoms with Gasteiger partial charge in [0.2, 0.25) is 0 Å². The second kappa shape index (κ2) is 10.5. The average molecular weight is 386 g/mol. The fourth-order valence-electron chi connectivity index (χ4n) is 2.69. The lowest BCUT2D eigenvalue weighted by atomic mass is 9.94. The maximum Gasteiger partial charge on any atom is 0.349 e. The van der Waals surface area contributed by atoms with E-state index < -0.39 is 24.6 Å². The highest BCUT2D eigenvalue weighted by molar-refractivity contribution is 5.85. The molecule has 1 fully saturated rings. The number of carbonyl (C=O) groups is 2. The molecule has 1 aliphatic rings. The van der Waals surface area contributed by atoms with Crippen LogP contribution in [-0.2, 0) is 19.1 Å². The van der Waals surface area contributed by atoms with E-state index in [4.69, 9.17) is 14.2 Å². The first-order valence-electron chi connectivity index (χ1n) is 8.71. The number of para-hydroxylation sites is 1. The van der Waals surface area contributed by atoms with Crippen molar-refractivity contribution in [1.82, 2.24) is 5.32 Å². The Hall–Kier alpha value is -1.63. The van der Waals surface area contributed by atoms with Crippen LogP contribution in [0.25, 0.3) is 0 Å². The smallest absolute Gasteiger partial charge is 0.349 e. The molecule has 0 radical (unpaired) electrons. The molecule has 1 aromatic rings. The topological polar surface area (TPSA) is 73.9 Å². The van der Waals surface area contributed by atoms with Crippen molar-refractivity contribution in [2.45, 2.75) is 45.6 Å². The highest BCUT2D eigenvalue weighted by atomic mass is 35.5. The second-order valence-corrected chi connectivity index (χ2v) is 6.74. The van der Waals surface area contributed by atoms with Gasteiger partial charge in [0.15, 0.2) is 6.61 Å². The van der Waals surface area contributed by atoms with Crippen molar-refractivity contribution in [2.75, 3.05) is 26.4 Å². The molecule has 6 nitrogen and oxygen atoms in total. The minimum atomic E-state index is -0.583. The number of hydrogen-bond donors (Lipinski definition) is 1. The molecule has 1 unspecified atom stereocenters. The van der Waals surface area contributed by atoms with Crippen LogP contribution in [0.2, 0.25) is 0 Å². The minimum absolute atomic E-state index is 0. The maximum absolute atomic E-state index is 12.2. The average Bonchev–Trinajstić information content (AvgIpc) is 2.60. The molecule has 1 saturated heterocycles. The van der Waals surface area contributed by atoms with Crippen LogP contribution in [-0.4, -0.2) is 44.3 Å². The van der Waals surface area contributed by atoms with Crippen LogP contribution in [0.3, 0.4) is 0 Å². The van der Waals surface area contributed by atoms with Gasteiger partial charge in [-0.2, -0.15) is 0 Å². The molecule has 146 valence electrons. The van der Waals surface area contributed by atoms with Crippen LogP contribution in [0.15, 0.2) is 18.2 Å². The third-order valence-electron chi connectivity index (χ3n) is 4.07. The fourth-order valence-corrected chi connectivity index (χ4v) is 2.69. The van der Waals surface area contributed by atoms with Crippen molar-refractivity contribution in [2.24, 2.45) is 0 Å². The van der Waals surface area contributed by atoms with E-state index in [0.29, 0.717) is 18.9 Å². The van der Waals surface area contributed by atoms with Gasteiger partial charge in [-0.3, -0.25) is 4.79 Å². The third-order valence-corrected chi connectivity index (χ3v) is 4.07. The molecule has 0 aliphatic carbocycles. The molecule has 26 heavy (non-hydrogen) atoms. The number of nitrogens with one attached hydrogen (secondary N) is 1. The first-order chi connectivity index (χ1) is 11.9. The number of morpholine rings is 1. The van der Waals surface area contributed by atoms with E-state index in [0.717, 1.165) is 11.1 Å². The Kier molecular flexibility index (Phi) is 9.05. The maximum atomic E-state index is 12.2. The highest BCUT2D eigenvalue weighted by Gasteiger charge is 2.24. The molecule has 0 amide bonds. The summed E-state index contributed by atoms with van der Waals surface area (Å²) >= 11 is 0. The second-order valence-electron chi connectivity index (χ2n) is 6.74. The normalized spacial score (nSPS) is 16.9. The Morgan fingerprint density at radius 3 is 2.31 bits per heavy atom. The van der Waals surface area contributed by atoms with Gasteiger partial charge in [-0.15, -0.1) is 12.4 Å². The van der Waals surface area contributed by atoms with Gasteiger partial charge < -0.3 is 19.5 Å². The molecule has 0 aromatic heterocycles. The fraction of sp³-hybridized carbons (Fsp3) is 0.579. The Morgan fingerprint density at radius 1 is 1.19 bits per heavy atom. The number of hydrogen-bond acceptors (Lipinski definition) is 6. The van der Waals surface area contributed by atoms with E-state index in [9.17, 15) is 9.59 Å². The van der Waals surface area contributed by atoms with Gasteiger partial charge in [-0.25, -0.2) is 4.79 Å². The Balaban J connectivity index is 0.00000338. The zero-order valence-corrected chi connectivity index (χ0v) is 16.6. The summed E-state index contributed by atoms with van der Waals surface area (Å²) in [5, 5.41) is 2.99. The zero-order valence-electron chi connectivity index (χ0n) is 15.7. The van der Waals surface area contributed by atoms with Gasteiger partial charge in [-0.1, -0.05) is 45.9 Å². The Bertz CT molecular complexity index is 586. The van der Waals surface area contributed by atoms with Crippen molar-refractivity contribution < 1.29 is 23.8 Å². The van der Waals surface area contributed by atoms with Crippen LogP contribution in [0.1, 0.15) is 50.7 Å². The van der Waals surface area contributed by atoms with E-state index >= 15 is 0 Å². The number of carbonyl (C=O) groups excluding carboxylic acids is 2. The molecule has 0 spiro atoms. The zero-order chi connectivity index (χ0) is 18.4. The summed E-state index contributed by atoms with van der Waals surface area (Å²) in [6, 6.07) is 5.34. The molecule has 1 N–H and O–H groups in total.